The first-order chi connectivity index (χ1) is 10.8. The number of nitrogens with zero attached hydrogens (tertiary/aromatic N) is 1. The molecule has 0 spiro atoms. The molecule has 6 nitrogen and oxygen atoms in total. The first kappa shape index (κ1) is 19.8. The Balaban J connectivity index is 3.16. The molecule has 1 rings (SSSR count). The summed E-state index contributed by atoms with van der Waals surface area (Å²) in [7, 11) is 0. The van der Waals surface area contributed by atoms with Crippen LogP contribution in [0, 0.1) is 0 Å². The van der Waals surface area contributed by atoms with Crippen molar-refractivity contribution in [3.63, 3.8) is 0 Å². The van der Waals surface area contributed by atoms with Gasteiger partial charge in [-0.05, 0) is 59.2 Å². The average Bonchev–Trinajstić information content (AvgIpc) is 2.36. The topological polar surface area (TPSA) is 87.1 Å². The van der Waals surface area contributed by atoms with Crippen LogP contribution in [0.25, 0.3) is 0 Å². The highest BCUT2D eigenvalue weighted by Gasteiger charge is 2.39. The van der Waals surface area contributed by atoms with Crippen LogP contribution >= 0.6 is 0 Å². The van der Waals surface area contributed by atoms with E-state index in [1.165, 1.54) is 17.0 Å². The van der Waals surface area contributed by atoms with E-state index < -0.39 is 29.2 Å². The predicted octanol–water partition coefficient (Wildman–Crippen LogP) is 3.42. The molecule has 0 saturated carbocycles. The second-order valence-electron chi connectivity index (χ2n) is 7.75. The normalized spacial score (nSPS) is 13.2. The van der Waals surface area contributed by atoms with Crippen molar-refractivity contribution >= 4 is 12.1 Å². The Morgan fingerprint density at radius 1 is 1.08 bits per heavy atom. The van der Waals surface area contributed by atoms with Gasteiger partial charge in [0.15, 0.2) is 0 Å². The summed E-state index contributed by atoms with van der Waals surface area (Å²) in [6.45, 7) is 10.5. The van der Waals surface area contributed by atoms with Gasteiger partial charge in [0.25, 0.3) is 0 Å². The zero-order valence-electron chi connectivity index (χ0n) is 15.2. The van der Waals surface area contributed by atoms with E-state index in [2.05, 4.69) is 0 Å². The van der Waals surface area contributed by atoms with Crippen LogP contribution < -0.4 is 0 Å². The number of aliphatic carboxylic acids is 1. The summed E-state index contributed by atoms with van der Waals surface area (Å²) < 4.78 is 5.40. The molecule has 0 radical (unpaired) electrons. The number of carbonyl (C=O) groups is 2. The molecule has 24 heavy (non-hydrogen) atoms. The molecule has 0 aromatic heterocycles. The summed E-state index contributed by atoms with van der Waals surface area (Å²) in [5, 5.41) is 19.0. The van der Waals surface area contributed by atoms with Crippen molar-refractivity contribution in [3.8, 4) is 5.75 Å². The first-order valence-electron chi connectivity index (χ1n) is 7.84. The van der Waals surface area contributed by atoms with E-state index in [9.17, 15) is 19.8 Å². The van der Waals surface area contributed by atoms with Gasteiger partial charge in [-0.2, -0.15) is 0 Å². The fraction of sp³-hybridized carbons (Fsp3) is 0.556. The number of hydrogen-bond donors (Lipinski definition) is 2. The number of ether oxygens (including phenoxy) is 1. The Labute approximate surface area is 143 Å². The second kappa shape index (κ2) is 7.11. The van der Waals surface area contributed by atoms with Crippen molar-refractivity contribution in [1.82, 2.24) is 4.90 Å². The van der Waals surface area contributed by atoms with Gasteiger partial charge in [0.05, 0.1) is 0 Å². The van der Waals surface area contributed by atoms with E-state index >= 15 is 0 Å². The lowest BCUT2D eigenvalue weighted by Crippen LogP contribution is -2.56. The van der Waals surface area contributed by atoms with Crippen molar-refractivity contribution in [3.05, 3.63) is 29.8 Å². The average molecular weight is 337 g/mol. The summed E-state index contributed by atoms with van der Waals surface area (Å²) in [6.07, 6.45) is -0.548. The van der Waals surface area contributed by atoms with E-state index in [0.29, 0.717) is 5.56 Å². The third-order valence-electron chi connectivity index (χ3n) is 3.28. The number of carboxylic acid groups (broad SMARTS) is 1. The molecule has 1 aromatic rings. The van der Waals surface area contributed by atoms with Gasteiger partial charge in [0.1, 0.15) is 17.4 Å². The van der Waals surface area contributed by atoms with Crippen molar-refractivity contribution in [1.29, 1.82) is 0 Å². The molecule has 0 bridgehead atoms. The van der Waals surface area contributed by atoms with Gasteiger partial charge in [-0.25, -0.2) is 9.59 Å². The fourth-order valence-electron chi connectivity index (χ4n) is 2.32. The number of aromatic hydroxyl groups is 1. The number of phenols is 1. The molecule has 1 unspecified atom stereocenters. The summed E-state index contributed by atoms with van der Waals surface area (Å²) in [5.41, 5.74) is -0.747. The molecule has 1 amide bonds. The van der Waals surface area contributed by atoms with Crippen LogP contribution in [0.1, 0.15) is 47.1 Å². The minimum Gasteiger partial charge on any atom is -0.508 e. The quantitative estimate of drug-likeness (QED) is 0.879. The van der Waals surface area contributed by atoms with Crippen LogP contribution in [0.5, 0.6) is 5.75 Å². The molecule has 0 fully saturated rings. The van der Waals surface area contributed by atoms with Gasteiger partial charge in [0, 0.05) is 12.0 Å². The van der Waals surface area contributed by atoms with Crippen LogP contribution in [0.4, 0.5) is 4.79 Å². The standard InChI is InChI=1S/C18H27NO5/c1-17(2,3)19(16(23)24-18(4,5)6)14(15(21)22)11-12-7-9-13(20)10-8-12/h7-10,14,20H,11H2,1-6H3,(H,21,22). The molecule has 0 aliphatic heterocycles. The van der Waals surface area contributed by atoms with Gasteiger partial charge in [-0.1, -0.05) is 12.1 Å². The van der Waals surface area contributed by atoms with Crippen molar-refractivity contribution in [2.45, 2.75) is 65.1 Å². The Morgan fingerprint density at radius 2 is 1.58 bits per heavy atom. The van der Waals surface area contributed by atoms with E-state index in [-0.39, 0.29) is 12.2 Å². The first-order valence-corrected chi connectivity index (χ1v) is 7.84. The largest absolute Gasteiger partial charge is 0.508 e. The number of amides is 1. The van der Waals surface area contributed by atoms with Gasteiger partial charge in [-0.15, -0.1) is 0 Å². The Hall–Kier alpha value is -2.24. The number of benzene rings is 1. The Bertz CT molecular complexity index is 581. The molecular formula is C18H27NO5. The maximum absolute atomic E-state index is 12.6. The molecule has 0 aliphatic carbocycles. The number of hydrogen-bond acceptors (Lipinski definition) is 4. The maximum atomic E-state index is 12.6. The zero-order chi connectivity index (χ0) is 18.7. The third-order valence-corrected chi connectivity index (χ3v) is 3.28. The molecule has 1 aromatic carbocycles. The lowest BCUT2D eigenvalue weighted by molar-refractivity contribution is -0.145. The van der Waals surface area contributed by atoms with E-state index in [1.807, 2.05) is 0 Å². The highest BCUT2D eigenvalue weighted by molar-refractivity contribution is 5.81. The molecule has 0 heterocycles. The molecule has 2 N–H and O–H groups in total. The van der Waals surface area contributed by atoms with Crippen LogP contribution in [-0.4, -0.2) is 44.4 Å². The van der Waals surface area contributed by atoms with Gasteiger partial charge < -0.3 is 14.9 Å². The minimum atomic E-state index is -1.11. The number of rotatable bonds is 4. The number of carboxylic acids is 1. The monoisotopic (exact) mass is 337 g/mol. The van der Waals surface area contributed by atoms with Crippen molar-refractivity contribution in [2.24, 2.45) is 0 Å². The lowest BCUT2D eigenvalue weighted by atomic mass is 9.98. The van der Waals surface area contributed by atoms with Crippen molar-refractivity contribution < 1.29 is 24.5 Å². The Kier molecular flexibility index (Phi) is 5.87. The van der Waals surface area contributed by atoms with Crippen LogP contribution in [0.3, 0.4) is 0 Å². The van der Waals surface area contributed by atoms with Crippen LogP contribution in [0.2, 0.25) is 0 Å². The van der Waals surface area contributed by atoms with Gasteiger partial charge >= 0.3 is 12.1 Å². The summed E-state index contributed by atoms with van der Waals surface area (Å²) in [4.78, 5) is 25.7. The smallest absolute Gasteiger partial charge is 0.411 e. The molecule has 0 aliphatic rings. The van der Waals surface area contributed by atoms with Gasteiger partial charge in [-0.3, -0.25) is 4.90 Å². The number of phenolic OH excluding ortho intramolecular Hbond substituents is 1. The molecular weight excluding hydrogens is 310 g/mol. The minimum absolute atomic E-state index is 0.102. The fourth-order valence-corrected chi connectivity index (χ4v) is 2.32. The summed E-state index contributed by atoms with van der Waals surface area (Å²) in [6, 6.07) is 5.18. The predicted molar refractivity (Wildman–Crippen MR) is 91.1 cm³/mol. The maximum Gasteiger partial charge on any atom is 0.411 e. The third kappa shape index (κ3) is 5.76. The molecule has 134 valence electrons. The van der Waals surface area contributed by atoms with Crippen LogP contribution in [0.15, 0.2) is 24.3 Å². The number of carbonyl (C=O) groups excluding carboxylic acids is 1. The molecule has 6 heteroatoms. The summed E-state index contributed by atoms with van der Waals surface area (Å²) >= 11 is 0. The SMILES string of the molecule is CC(C)(C)OC(=O)N(C(Cc1ccc(O)cc1)C(=O)O)C(C)(C)C. The van der Waals surface area contributed by atoms with Crippen molar-refractivity contribution in [2.75, 3.05) is 0 Å². The van der Waals surface area contributed by atoms with E-state index in [0.717, 1.165) is 0 Å². The molecule has 0 saturated heterocycles. The highest BCUT2D eigenvalue weighted by atomic mass is 16.6. The van der Waals surface area contributed by atoms with Crippen LogP contribution in [-0.2, 0) is 16.0 Å². The van der Waals surface area contributed by atoms with Gasteiger partial charge in [0.2, 0.25) is 0 Å². The Morgan fingerprint density at radius 3 is 1.96 bits per heavy atom. The second-order valence-corrected chi connectivity index (χ2v) is 7.75. The lowest BCUT2D eigenvalue weighted by Gasteiger charge is -2.40. The summed E-state index contributed by atoms with van der Waals surface area (Å²) in [5.74, 6) is -1.01. The molecule has 1 atom stereocenters. The zero-order valence-corrected chi connectivity index (χ0v) is 15.2. The highest BCUT2D eigenvalue weighted by Crippen LogP contribution is 2.24. The van der Waals surface area contributed by atoms with E-state index in [4.69, 9.17) is 4.74 Å². The van der Waals surface area contributed by atoms with E-state index in [1.54, 1.807) is 53.7 Å².